The highest BCUT2D eigenvalue weighted by atomic mass is 32.1. The fourth-order valence-electron chi connectivity index (χ4n) is 1.77. The first-order valence-corrected chi connectivity index (χ1v) is 6.90. The number of carbonyl (C=O) groups excluding carboxylic acids is 1. The second-order valence-electron chi connectivity index (χ2n) is 4.39. The minimum atomic E-state index is 0.148. The van der Waals surface area contributed by atoms with E-state index in [2.05, 4.69) is 11.4 Å². The molecule has 2 heterocycles. The summed E-state index contributed by atoms with van der Waals surface area (Å²) in [6.45, 7) is 2.44. The molecule has 0 fully saturated rings. The summed E-state index contributed by atoms with van der Waals surface area (Å²) in [5.74, 6) is 1.86. The van der Waals surface area contributed by atoms with E-state index in [0.29, 0.717) is 13.0 Å². The maximum absolute atomic E-state index is 11.9. The average Bonchev–Trinajstić information content (AvgIpc) is 2.97. The highest BCUT2D eigenvalue weighted by molar-refractivity contribution is 7.07. The van der Waals surface area contributed by atoms with Gasteiger partial charge in [0, 0.05) is 13.5 Å². The summed E-state index contributed by atoms with van der Waals surface area (Å²) >= 11 is 1.67. The van der Waals surface area contributed by atoms with Gasteiger partial charge in [-0.3, -0.25) is 4.79 Å². The molecule has 0 aliphatic heterocycles. The van der Waals surface area contributed by atoms with Gasteiger partial charge in [0.2, 0.25) is 5.91 Å². The number of furan rings is 1. The molecule has 0 bridgehead atoms. The second kappa shape index (κ2) is 5.87. The van der Waals surface area contributed by atoms with Gasteiger partial charge < -0.3 is 9.32 Å². The summed E-state index contributed by atoms with van der Waals surface area (Å²) in [4.78, 5) is 13.6. The molecule has 1 amide bonds. The van der Waals surface area contributed by atoms with Crippen LogP contribution < -0.4 is 0 Å². The van der Waals surface area contributed by atoms with Crippen LogP contribution >= 0.6 is 11.3 Å². The first kappa shape index (κ1) is 12.9. The smallest absolute Gasteiger partial charge is 0.223 e. The molecule has 0 saturated heterocycles. The number of amides is 1. The lowest BCUT2D eigenvalue weighted by molar-refractivity contribution is -0.130. The third kappa shape index (κ3) is 3.47. The highest BCUT2D eigenvalue weighted by Gasteiger charge is 2.11. The van der Waals surface area contributed by atoms with Crippen LogP contribution in [0.1, 0.15) is 23.5 Å². The van der Waals surface area contributed by atoms with E-state index in [-0.39, 0.29) is 5.91 Å². The Kier molecular flexibility index (Phi) is 4.20. The molecule has 18 heavy (non-hydrogen) atoms. The van der Waals surface area contributed by atoms with E-state index < -0.39 is 0 Å². The van der Waals surface area contributed by atoms with E-state index in [4.69, 9.17) is 4.42 Å². The van der Waals surface area contributed by atoms with Crippen LogP contribution in [0.5, 0.6) is 0 Å². The van der Waals surface area contributed by atoms with Crippen LogP contribution in [0.4, 0.5) is 0 Å². The molecule has 0 aliphatic rings. The molecule has 4 heteroatoms. The van der Waals surface area contributed by atoms with Gasteiger partial charge in [0.15, 0.2) is 0 Å². The van der Waals surface area contributed by atoms with Crippen LogP contribution in [0.2, 0.25) is 0 Å². The van der Waals surface area contributed by atoms with Crippen LogP contribution in [0.25, 0.3) is 0 Å². The molecule has 3 nitrogen and oxygen atoms in total. The molecule has 0 N–H and O–H groups in total. The molecule has 0 spiro atoms. The molecular formula is C14H17NO2S. The van der Waals surface area contributed by atoms with E-state index in [9.17, 15) is 4.79 Å². The van der Waals surface area contributed by atoms with Gasteiger partial charge in [-0.15, -0.1) is 0 Å². The standard InChI is InChI=1S/C14H17NO2S/c1-11-3-5-13(17-11)9-15(2)14(16)6-4-12-7-8-18-10-12/h3,5,7-8,10H,4,6,9H2,1-2H3. The molecule has 0 atom stereocenters. The largest absolute Gasteiger partial charge is 0.464 e. The van der Waals surface area contributed by atoms with Crippen molar-refractivity contribution in [2.45, 2.75) is 26.3 Å². The number of aryl methyl sites for hydroxylation is 2. The number of thiophene rings is 1. The molecule has 0 radical (unpaired) electrons. The van der Waals surface area contributed by atoms with Gasteiger partial charge in [-0.05, 0) is 47.9 Å². The molecule has 0 aliphatic carbocycles. The summed E-state index contributed by atoms with van der Waals surface area (Å²) in [6.07, 6.45) is 1.36. The quantitative estimate of drug-likeness (QED) is 0.829. The molecule has 96 valence electrons. The van der Waals surface area contributed by atoms with Gasteiger partial charge >= 0.3 is 0 Å². The van der Waals surface area contributed by atoms with Gasteiger partial charge in [-0.2, -0.15) is 11.3 Å². The lowest BCUT2D eigenvalue weighted by atomic mass is 10.2. The lowest BCUT2D eigenvalue weighted by Crippen LogP contribution is -2.26. The van der Waals surface area contributed by atoms with Crippen LogP contribution in [0.3, 0.4) is 0 Å². The van der Waals surface area contributed by atoms with Gasteiger partial charge in [-0.25, -0.2) is 0 Å². The topological polar surface area (TPSA) is 33.5 Å². The Bertz CT molecular complexity index is 502. The Balaban J connectivity index is 1.81. The summed E-state index contributed by atoms with van der Waals surface area (Å²) in [5, 5.41) is 4.12. The summed E-state index contributed by atoms with van der Waals surface area (Å²) < 4.78 is 5.46. The van der Waals surface area contributed by atoms with Crippen molar-refractivity contribution >= 4 is 17.2 Å². The Morgan fingerprint density at radius 1 is 1.39 bits per heavy atom. The van der Waals surface area contributed by atoms with E-state index >= 15 is 0 Å². The van der Waals surface area contributed by atoms with Crippen molar-refractivity contribution in [3.8, 4) is 0 Å². The number of carbonyl (C=O) groups is 1. The average molecular weight is 263 g/mol. The maximum atomic E-state index is 11.9. The predicted molar refractivity (Wildman–Crippen MR) is 72.6 cm³/mol. The maximum Gasteiger partial charge on any atom is 0.223 e. The van der Waals surface area contributed by atoms with Crippen LogP contribution in [0.15, 0.2) is 33.4 Å². The number of hydrogen-bond donors (Lipinski definition) is 0. The molecule has 2 aromatic heterocycles. The van der Waals surface area contributed by atoms with Crippen molar-refractivity contribution in [1.82, 2.24) is 4.90 Å². The zero-order chi connectivity index (χ0) is 13.0. The van der Waals surface area contributed by atoms with Gasteiger partial charge in [0.25, 0.3) is 0 Å². The lowest BCUT2D eigenvalue weighted by Gasteiger charge is -2.15. The van der Waals surface area contributed by atoms with Crippen molar-refractivity contribution in [2.75, 3.05) is 7.05 Å². The summed E-state index contributed by atoms with van der Waals surface area (Å²) in [5.41, 5.74) is 1.23. The summed E-state index contributed by atoms with van der Waals surface area (Å²) in [7, 11) is 1.81. The van der Waals surface area contributed by atoms with E-state index in [1.807, 2.05) is 31.5 Å². The first-order chi connectivity index (χ1) is 8.65. The van der Waals surface area contributed by atoms with Crippen LogP contribution in [0, 0.1) is 6.92 Å². The molecule has 2 rings (SSSR count). The Morgan fingerprint density at radius 2 is 2.22 bits per heavy atom. The zero-order valence-corrected chi connectivity index (χ0v) is 11.5. The summed E-state index contributed by atoms with van der Waals surface area (Å²) in [6, 6.07) is 5.89. The number of nitrogens with zero attached hydrogens (tertiary/aromatic N) is 1. The minimum absolute atomic E-state index is 0.148. The van der Waals surface area contributed by atoms with Crippen molar-refractivity contribution in [3.63, 3.8) is 0 Å². The van der Waals surface area contributed by atoms with Crippen LogP contribution in [-0.4, -0.2) is 17.9 Å². The third-order valence-corrected chi connectivity index (χ3v) is 3.55. The van der Waals surface area contributed by atoms with Gasteiger partial charge in [-0.1, -0.05) is 0 Å². The third-order valence-electron chi connectivity index (χ3n) is 2.82. The first-order valence-electron chi connectivity index (χ1n) is 5.95. The molecule has 0 unspecified atom stereocenters. The number of hydrogen-bond acceptors (Lipinski definition) is 3. The van der Waals surface area contributed by atoms with Gasteiger partial charge in [0.1, 0.15) is 11.5 Å². The monoisotopic (exact) mass is 263 g/mol. The molecule has 0 saturated carbocycles. The predicted octanol–water partition coefficient (Wildman–Crippen LogP) is 3.24. The Hall–Kier alpha value is -1.55. The van der Waals surface area contributed by atoms with E-state index in [1.54, 1.807) is 16.2 Å². The Morgan fingerprint density at radius 3 is 2.83 bits per heavy atom. The fourth-order valence-corrected chi connectivity index (χ4v) is 2.47. The van der Waals surface area contributed by atoms with E-state index in [0.717, 1.165) is 17.9 Å². The number of rotatable bonds is 5. The van der Waals surface area contributed by atoms with E-state index in [1.165, 1.54) is 5.56 Å². The Labute approximate surface area is 111 Å². The van der Waals surface area contributed by atoms with Gasteiger partial charge in [0.05, 0.1) is 6.54 Å². The second-order valence-corrected chi connectivity index (χ2v) is 5.17. The normalized spacial score (nSPS) is 10.6. The minimum Gasteiger partial charge on any atom is -0.464 e. The van der Waals surface area contributed by atoms with Crippen molar-refractivity contribution < 1.29 is 9.21 Å². The molecule has 2 aromatic rings. The fraction of sp³-hybridized carbons (Fsp3) is 0.357. The zero-order valence-electron chi connectivity index (χ0n) is 10.7. The highest BCUT2D eigenvalue weighted by Crippen LogP contribution is 2.12. The molecular weight excluding hydrogens is 246 g/mol. The van der Waals surface area contributed by atoms with Crippen molar-refractivity contribution in [1.29, 1.82) is 0 Å². The SMILES string of the molecule is Cc1ccc(CN(C)C(=O)CCc2ccsc2)o1. The van der Waals surface area contributed by atoms with Crippen molar-refractivity contribution in [2.24, 2.45) is 0 Å². The molecule has 0 aromatic carbocycles. The van der Waals surface area contributed by atoms with Crippen LogP contribution in [-0.2, 0) is 17.8 Å². The van der Waals surface area contributed by atoms with Crippen molar-refractivity contribution in [3.05, 3.63) is 46.0 Å².